The molecular formula is C7H7BrN4O. The molecule has 0 saturated carbocycles. The Morgan fingerprint density at radius 2 is 2.46 bits per heavy atom. The lowest BCUT2D eigenvalue weighted by Gasteiger charge is -2.05. The largest absolute Gasteiger partial charge is 0.396 e. The maximum Gasteiger partial charge on any atom is 0.106 e. The minimum absolute atomic E-state index is 0.243. The van der Waals surface area contributed by atoms with Crippen LogP contribution in [0, 0.1) is 0 Å². The number of halogens is 1. The van der Waals surface area contributed by atoms with Crippen LogP contribution in [0.4, 0.5) is 0 Å². The fraction of sp³-hybridized carbons (Fsp3) is 0.286. The quantitative estimate of drug-likeness (QED) is 0.382. The fourth-order valence-corrected chi connectivity index (χ4v) is 1.22. The predicted octanol–water partition coefficient (Wildman–Crippen LogP) is 2.19. The molecule has 0 aliphatic heterocycles. The third-order valence-electron chi connectivity index (χ3n) is 1.44. The fourth-order valence-electron chi connectivity index (χ4n) is 0.861. The second kappa shape index (κ2) is 4.81. The molecule has 13 heavy (non-hydrogen) atoms. The number of hydrogen-bond donors (Lipinski definition) is 1. The molecule has 6 heteroatoms. The number of aromatic nitrogens is 1. The molecule has 1 heterocycles. The smallest absolute Gasteiger partial charge is 0.106 e. The Balaban J connectivity index is 2.97. The van der Waals surface area contributed by atoms with Gasteiger partial charge in [-0.1, -0.05) is 11.2 Å². The van der Waals surface area contributed by atoms with E-state index < -0.39 is 6.04 Å². The first kappa shape index (κ1) is 9.98. The van der Waals surface area contributed by atoms with Crippen LogP contribution in [0.1, 0.15) is 11.7 Å². The maximum atomic E-state index is 8.88. The molecule has 0 saturated heterocycles. The molecule has 0 aliphatic rings. The molecule has 0 aliphatic carbocycles. The highest BCUT2D eigenvalue weighted by atomic mass is 79.9. The van der Waals surface area contributed by atoms with E-state index in [-0.39, 0.29) is 6.61 Å². The Bertz CT molecular complexity index is 337. The molecule has 1 aromatic heterocycles. The predicted molar refractivity (Wildman–Crippen MR) is 50.9 cm³/mol. The van der Waals surface area contributed by atoms with Gasteiger partial charge in [0.05, 0.1) is 12.3 Å². The third kappa shape index (κ3) is 2.69. The highest BCUT2D eigenvalue weighted by Gasteiger charge is 2.08. The third-order valence-corrected chi connectivity index (χ3v) is 1.88. The normalized spacial score (nSPS) is 11.8. The second-order valence-electron chi connectivity index (χ2n) is 2.29. The lowest BCUT2D eigenvalue weighted by atomic mass is 10.2. The Morgan fingerprint density at radius 3 is 3.00 bits per heavy atom. The van der Waals surface area contributed by atoms with Crippen molar-refractivity contribution in [3.8, 4) is 0 Å². The zero-order chi connectivity index (χ0) is 9.68. The van der Waals surface area contributed by atoms with Crippen molar-refractivity contribution in [2.75, 3.05) is 6.61 Å². The molecule has 0 spiro atoms. The molecule has 68 valence electrons. The molecule has 1 N–H and O–H groups in total. The number of pyridine rings is 1. The van der Waals surface area contributed by atoms with Gasteiger partial charge in [-0.3, -0.25) is 0 Å². The molecule has 1 atom stereocenters. The van der Waals surface area contributed by atoms with E-state index in [1.54, 1.807) is 18.2 Å². The van der Waals surface area contributed by atoms with E-state index >= 15 is 0 Å². The summed E-state index contributed by atoms with van der Waals surface area (Å²) in [4.78, 5) is 6.68. The van der Waals surface area contributed by atoms with E-state index in [0.717, 1.165) is 0 Å². The lowest BCUT2D eigenvalue weighted by molar-refractivity contribution is 0.265. The topological polar surface area (TPSA) is 81.9 Å². The number of rotatable bonds is 3. The summed E-state index contributed by atoms with van der Waals surface area (Å²) in [6, 6.07) is 4.61. The molecule has 1 unspecified atom stereocenters. The monoisotopic (exact) mass is 242 g/mol. The standard InChI is InChI=1S/C7H7BrN4O/c8-7-3-1-2-5(10-7)6(4-13)11-12-9/h1-3,6,13H,4H2. The van der Waals surface area contributed by atoms with E-state index in [1.807, 2.05) is 0 Å². The summed E-state index contributed by atoms with van der Waals surface area (Å²) in [5, 5.41) is 12.3. The van der Waals surface area contributed by atoms with Crippen LogP contribution in [-0.2, 0) is 0 Å². The summed E-state index contributed by atoms with van der Waals surface area (Å²) in [5.41, 5.74) is 8.76. The number of azide groups is 1. The first-order valence-electron chi connectivity index (χ1n) is 3.55. The van der Waals surface area contributed by atoms with Crippen LogP contribution in [0.3, 0.4) is 0 Å². The molecule has 5 nitrogen and oxygen atoms in total. The minimum atomic E-state index is -0.609. The zero-order valence-corrected chi connectivity index (χ0v) is 8.22. The van der Waals surface area contributed by atoms with Gasteiger partial charge in [-0.05, 0) is 33.6 Å². The van der Waals surface area contributed by atoms with Crippen molar-refractivity contribution in [1.82, 2.24) is 4.98 Å². The van der Waals surface area contributed by atoms with Gasteiger partial charge in [-0.15, -0.1) is 0 Å². The Kier molecular flexibility index (Phi) is 3.70. The van der Waals surface area contributed by atoms with Crippen molar-refractivity contribution in [2.24, 2.45) is 5.11 Å². The SMILES string of the molecule is [N-]=[N+]=NC(CO)c1cccc(Br)n1. The van der Waals surface area contributed by atoms with E-state index in [2.05, 4.69) is 30.9 Å². The van der Waals surface area contributed by atoms with Crippen LogP contribution >= 0.6 is 15.9 Å². The Morgan fingerprint density at radius 1 is 1.69 bits per heavy atom. The summed E-state index contributed by atoms with van der Waals surface area (Å²) in [6.07, 6.45) is 0. The van der Waals surface area contributed by atoms with Crippen LogP contribution in [0.2, 0.25) is 0 Å². The first-order chi connectivity index (χ1) is 6.27. The summed E-state index contributed by atoms with van der Waals surface area (Å²) in [5.74, 6) is 0. The van der Waals surface area contributed by atoms with Gasteiger partial charge in [-0.25, -0.2) is 4.98 Å². The Labute approximate surface area is 83.2 Å². The highest BCUT2D eigenvalue weighted by Crippen LogP contribution is 2.16. The summed E-state index contributed by atoms with van der Waals surface area (Å²) in [6.45, 7) is -0.243. The molecule has 1 rings (SSSR count). The summed E-state index contributed by atoms with van der Waals surface area (Å²) < 4.78 is 0.650. The average molecular weight is 243 g/mol. The van der Waals surface area contributed by atoms with Crippen molar-refractivity contribution < 1.29 is 5.11 Å². The van der Waals surface area contributed by atoms with Crippen LogP contribution < -0.4 is 0 Å². The van der Waals surface area contributed by atoms with Gasteiger partial charge in [0.2, 0.25) is 0 Å². The van der Waals surface area contributed by atoms with Crippen molar-refractivity contribution >= 4 is 15.9 Å². The van der Waals surface area contributed by atoms with Crippen molar-refractivity contribution in [3.05, 3.63) is 38.9 Å². The van der Waals surface area contributed by atoms with Gasteiger partial charge in [0.25, 0.3) is 0 Å². The van der Waals surface area contributed by atoms with E-state index in [9.17, 15) is 0 Å². The van der Waals surface area contributed by atoms with Crippen molar-refractivity contribution in [3.63, 3.8) is 0 Å². The van der Waals surface area contributed by atoms with Gasteiger partial charge in [0.1, 0.15) is 10.6 Å². The molecule has 0 amide bonds. The van der Waals surface area contributed by atoms with Crippen LogP contribution in [0.15, 0.2) is 27.9 Å². The molecule has 0 aromatic carbocycles. The van der Waals surface area contributed by atoms with Crippen LogP contribution in [-0.4, -0.2) is 16.7 Å². The minimum Gasteiger partial charge on any atom is -0.396 e. The van der Waals surface area contributed by atoms with Gasteiger partial charge in [0, 0.05) is 4.91 Å². The molecule has 0 fully saturated rings. The number of aliphatic hydroxyl groups excluding tert-OH is 1. The number of aliphatic hydroxyl groups is 1. The first-order valence-corrected chi connectivity index (χ1v) is 4.34. The molecule has 1 aromatic rings. The molecule has 0 bridgehead atoms. The second-order valence-corrected chi connectivity index (χ2v) is 3.10. The number of hydrogen-bond acceptors (Lipinski definition) is 3. The van der Waals surface area contributed by atoms with Crippen LogP contribution in [0.25, 0.3) is 10.4 Å². The van der Waals surface area contributed by atoms with Gasteiger partial charge in [0.15, 0.2) is 0 Å². The average Bonchev–Trinajstić information content (AvgIpc) is 2.14. The van der Waals surface area contributed by atoms with Crippen molar-refractivity contribution in [2.45, 2.75) is 6.04 Å². The lowest BCUT2D eigenvalue weighted by Crippen LogP contribution is -2.02. The van der Waals surface area contributed by atoms with Crippen molar-refractivity contribution in [1.29, 1.82) is 0 Å². The Hall–Kier alpha value is -1.10. The summed E-state index contributed by atoms with van der Waals surface area (Å²) in [7, 11) is 0. The zero-order valence-electron chi connectivity index (χ0n) is 6.63. The summed E-state index contributed by atoms with van der Waals surface area (Å²) >= 11 is 3.18. The van der Waals surface area contributed by atoms with Gasteiger partial charge < -0.3 is 5.11 Å². The van der Waals surface area contributed by atoms with E-state index in [4.69, 9.17) is 10.6 Å². The van der Waals surface area contributed by atoms with E-state index in [1.165, 1.54) is 0 Å². The van der Waals surface area contributed by atoms with Gasteiger partial charge >= 0.3 is 0 Å². The maximum absolute atomic E-state index is 8.88. The van der Waals surface area contributed by atoms with E-state index in [0.29, 0.717) is 10.3 Å². The highest BCUT2D eigenvalue weighted by molar-refractivity contribution is 9.10. The number of nitrogens with zero attached hydrogens (tertiary/aromatic N) is 4. The molecular weight excluding hydrogens is 236 g/mol. The molecule has 0 radical (unpaired) electrons. The van der Waals surface area contributed by atoms with Crippen LogP contribution in [0.5, 0.6) is 0 Å². The van der Waals surface area contributed by atoms with Gasteiger partial charge in [-0.2, -0.15) is 0 Å².